The van der Waals surface area contributed by atoms with Crippen LogP contribution >= 0.6 is 12.2 Å². The van der Waals surface area contributed by atoms with E-state index in [4.69, 9.17) is 17.0 Å². The van der Waals surface area contributed by atoms with Crippen LogP contribution < -0.4 is 4.74 Å². The lowest BCUT2D eigenvalue weighted by molar-refractivity contribution is 0.555. The van der Waals surface area contributed by atoms with Gasteiger partial charge in [-0.25, -0.2) is 0 Å². The third-order valence-corrected chi connectivity index (χ3v) is 1.54. The van der Waals surface area contributed by atoms with Crippen molar-refractivity contribution >= 4 is 17.3 Å². The highest BCUT2D eigenvalue weighted by Gasteiger charge is 1.95. The van der Waals surface area contributed by atoms with Crippen molar-refractivity contribution in [2.75, 3.05) is 0 Å². The molecule has 0 saturated carbocycles. The van der Waals surface area contributed by atoms with Crippen molar-refractivity contribution in [2.24, 2.45) is 0 Å². The van der Waals surface area contributed by atoms with Gasteiger partial charge in [-0.1, -0.05) is 24.3 Å². The summed E-state index contributed by atoms with van der Waals surface area (Å²) >= 11 is 4.94. The van der Waals surface area contributed by atoms with Gasteiger partial charge in [0.1, 0.15) is 5.75 Å². The molecule has 1 aromatic rings. The van der Waals surface area contributed by atoms with E-state index in [1.54, 1.807) is 6.08 Å². The van der Waals surface area contributed by atoms with Gasteiger partial charge < -0.3 is 4.74 Å². The zero-order chi connectivity index (χ0) is 8.81. The van der Waals surface area contributed by atoms with Crippen LogP contribution in [0.5, 0.6) is 5.75 Å². The van der Waals surface area contributed by atoms with Crippen LogP contribution in [0.25, 0.3) is 0 Å². The molecule has 1 aromatic carbocycles. The van der Waals surface area contributed by atoms with Crippen LogP contribution in [-0.4, -0.2) is 5.05 Å². The average molecular weight is 178 g/mol. The lowest BCUT2D eigenvalue weighted by Gasteiger charge is -2.03. The number of hydrogen-bond donors (Lipinski definition) is 0. The molecule has 0 saturated heterocycles. The van der Waals surface area contributed by atoms with E-state index < -0.39 is 0 Å². The van der Waals surface area contributed by atoms with E-state index >= 15 is 0 Å². The second kappa shape index (κ2) is 4.67. The number of hydrogen-bond acceptors (Lipinski definition) is 2. The van der Waals surface area contributed by atoms with E-state index in [0.717, 1.165) is 5.75 Å². The second-order valence-electron chi connectivity index (χ2n) is 2.28. The maximum Gasteiger partial charge on any atom is 0.171 e. The number of thiocarbonyl (C=S) groups is 1. The summed E-state index contributed by atoms with van der Waals surface area (Å²) in [5.41, 5.74) is 0. The molecule has 0 aliphatic carbocycles. The van der Waals surface area contributed by atoms with Gasteiger partial charge in [0.25, 0.3) is 0 Å². The van der Waals surface area contributed by atoms with Gasteiger partial charge in [-0.2, -0.15) is 0 Å². The number of para-hydroxylation sites is 1. The van der Waals surface area contributed by atoms with Crippen molar-refractivity contribution in [1.82, 2.24) is 0 Å². The molecule has 2 heteroatoms. The van der Waals surface area contributed by atoms with Gasteiger partial charge >= 0.3 is 0 Å². The summed E-state index contributed by atoms with van der Waals surface area (Å²) in [5, 5.41) is 0.552. The summed E-state index contributed by atoms with van der Waals surface area (Å²) in [6, 6.07) is 9.49. The monoisotopic (exact) mass is 178 g/mol. The Hall–Kier alpha value is -1.15. The normalized spacial score (nSPS) is 9.00. The molecule has 0 aliphatic heterocycles. The first-order valence-electron chi connectivity index (χ1n) is 3.69. The third kappa shape index (κ3) is 2.84. The summed E-state index contributed by atoms with van der Waals surface area (Å²) in [5.74, 6) is 0.782. The molecule has 1 rings (SSSR count). The fourth-order valence-electron chi connectivity index (χ4n) is 0.780. The lowest BCUT2D eigenvalue weighted by atomic mass is 10.3. The molecule has 0 aromatic heterocycles. The zero-order valence-electron chi connectivity index (χ0n) is 6.69. The predicted molar refractivity (Wildman–Crippen MR) is 54.5 cm³/mol. The van der Waals surface area contributed by atoms with Gasteiger partial charge in [0.15, 0.2) is 5.05 Å². The van der Waals surface area contributed by atoms with Crippen LogP contribution in [0, 0.1) is 0 Å². The molecule has 0 aliphatic rings. The van der Waals surface area contributed by atoms with Gasteiger partial charge in [-0.05, 0) is 24.4 Å². The molecule has 0 atom stereocenters. The highest BCUT2D eigenvalue weighted by Crippen LogP contribution is 2.09. The SMILES string of the molecule is C=CCC(=S)Oc1ccccc1. The molecule has 0 N–H and O–H groups in total. The highest BCUT2D eigenvalue weighted by atomic mass is 32.1. The minimum absolute atomic E-state index is 0.552. The molecule has 62 valence electrons. The molecule has 0 spiro atoms. The van der Waals surface area contributed by atoms with E-state index in [2.05, 4.69) is 6.58 Å². The van der Waals surface area contributed by atoms with Gasteiger partial charge in [0, 0.05) is 6.42 Å². The Morgan fingerprint density at radius 1 is 1.42 bits per heavy atom. The molecule has 0 amide bonds. The number of benzene rings is 1. The maximum atomic E-state index is 5.31. The van der Waals surface area contributed by atoms with Crippen LogP contribution in [0.1, 0.15) is 6.42 Å². The molecular weight excluding hydrogens is 168 g/mol. The Balaban J connectivity index is 2.52. The van der Waals surface area contributed by atoms with Gasteiger partial charge in [0.05, 0.1) is 0 Å². The van der Waals surface area contributed by atoms with E-state index in [-0.39, 0.29) is 0 Å². The summed E-state index contributed by atoms with van der Waals surface area (Å²) in [4.78, 5) is 0. The van der Waals surface area contributed by atoms with Crippen molar-refractivity contribution in [2.45, 2.75) is 6.42 Å². The molecule has 1 nitrogen and oxygen atoms in total. The first-order valence-corrected chi connectivity index (χ1v) is 4.10. The van der Waals surface area contributed by atoms with E-state index in [0.29, 0.717) is 11.5 Å². The van der Waals surface area contributed by atoms with E-state index in [1.807, 2.05) is 30.3 Å². The Labute approximate surface area is 77.7 Å². The topological polar surface area (TPSA) is 9.23 Å². The summed E-state index contributed by atoms with van der Waals surface area (Å²) < 4.78 is 5.31. The average Bonchev–Trinajstić information content (AvgIpc) is 2.06. The van der Waals surface area contributed by atoms with Crippen LogP contribution in [0.15, 0.2) is 43.0 Å². The summed E-state index contributed by atoms with van der Waals surface area (Å²) in [7, 11) is 0. The van der Waals surface area contributed by atoms with Crippen molar-refractivity contribution in [3.63, 3.8) is 0 Å². The molecule has 0 fully saturated rings. The Bertz CT molecular complexity index is 266. The largest absolute Gasteiger partial charge is 0.450 e. The van der Waals surface area contributed by atoms with Crippen molar-refractivity contribution in [3.8, 4) is 5.75 Å². The van der Waals surface area contributed by atoms with Crippen LogP contribution in [0.3, 0.4) is 0 Å². The Kier molecular flexibility index (Phi) is 3.48. The Morgan fingerprint density at radius 2 is 2.08 bits per heavy atom. The number of rotatable bonds is 3. The molecule has 0 radical (unpaired) electrons. The molecular formula is C10H10OS. The molecule has 12 heavy (non-hydrogen) atoms. The van der Waals surface area contributed by atoms with Gasteiger partial charge in [-0.15, -0.1) is 6.58 Å². The Morgan fingerprint density at radius 3 is 2.67 bits per heavy atom. The summed E-state index contributed by atoms with van der Waals surface area (Å²) in [6.07, 6.45) is 2.34. The van der Waals surface area contributed by atoms with Gasteiger partial charge in [0.2, 0.25) is 0 Å². The highest BCUT2D eigenvalue weighted by molar-refractivity contribution is 7.80. The van der Waals surface area contributed by atoms with Crippen molar-refractivity contribution in [1.29, 1.82) is 0 Å². The molecule has 0 heterocycles. The maximum absolute atomic E-state index is 5.31. The molecule has 0 bridgehead atoms. The van der Waals surface area contributed by atoms with Crippen LogP contribution in [-0.2, 0) is 0 Å². The zero-order valence-corrected chi connectivity index (χ0v) is 7.51. The standard InChI is InChI=1S/C10H10OS/c1-2-6-10(12)11-9-7-4-3-5-8-9/h2-5,7-8H,1,6H2. The fourth-order valence-corrected chi connectivity index (χ4v) is 0.994. The van der Waals surface area contributed by atoms with Crippen molar-refractivity contribution in [3.05, 3.63) is 43.0 Å². The third-order valence-electron chi connectivity index (χ3n) is 1.29. The number of ether oxygens (including phenoxy) is 1. The minimum atomic E-state index is 0.552. The van der Waals surface area contributed by atoms with Crippen molar-refractivity contribution < 1.29 is 4.74 Å². The fraction of sp³-hybridized carbons (Fsp3) is 0.100. The quantitative estimate of drug-likeness (QED) is 0.520. The minimum Gasteiger partial charge on any atom is -0.450 e. The first kappa shape index (κ1) is 8.94. The van der Waals surface area contributed by atoms with E-state index in [9.17, 15) is 0 Å². The van der Waals surface area contributed by atoms with E-state index in [1.165, 1.54) is 0 Å². The first-order chi connectivity index (χ1) is 5.83. The predicted octanol–water partition coefficient (Wildman–Crippen LogP) is 2.97. The van der Waals surface area contributed by atoms with Crippen LogP contribution in [0.4, 0.5) is 0 Å². The van der Waals surface area contributed by atoms with Gasteiger partial charge in [-0.3, -0.25) is 0 Å². The molecule has 0 unspecified atom stereocenters. The lowest BCUT2D eigenvalue weighted by Crippen LogP contribution is -2.02. The second-order valence-corrected chi connectivity index (χ2v) is 2.74. The summed E-state index contributed by atoms with van der Waals surface area (Å²) in [6.45, 7) is 3.57. The van der Waals surface area contributed by atoms with Crippen LogP contribution in [0.2, 0.25) is 0 Å². The smallest absolute Gasteiger partial charge is 0.171 e.